The number of rotatable bonds is 7. The normalized spacial score (nSPS) is 12.2. The van der Waals surface area contributed by atoms with E-state index >= 15 is 0 Å². The fourth-order valence-electron chi connectivity index (χ4n) is 2.30. The molecule has 1 heterocycles. The average Bonchev–Trinajstić information content (AvgIpc) is 3.03. The number of fused-ring (bicyclic) bond motifs is 1. The van der Waals surface area contributed by atoms with Crippen LogP contribution in [0.1, 0.15) is 33.6 Å². The molecule has 0 aliphatic rings. The maximum Gasteiger partial charge on any atom is 0.309 e. The summed E-state index contributed by atoms with van der Waals surface area (Å²) in [5, 5.41) is 22.4. The Bertz CT molecular complexity index is 689. The lowest BCUT2D eigenvalue weighted by atomic mass is 10.3. The third kappa shape index (κ3) is 7.09. The van der Waals surface area contributed by atoms with E-state index in [4.69, 9.17) is 5.21 Å². The predicted molar refractivity (Wildman–Crippen MR) is 106 cm³/mol. The van der Waals surface area contributed by atoms with E-state index in [0.29, 0.717) is 17.2 Å². The van der Waals surface area contributed by atoms with Crippen LogP contribution in [0.25, 0.3) is 11.0 Å². The molecule has 2 unspecified atom stereocenters. The van der Waals surface area contributed by atoms with Crippen LogP contribution in [0.15, 0.2) is 29.3 Å². The van der Waals surface area contributed by atoms with Crippen LogP contribution >= 0.6 is 12.4 Å². The van der Waals surface area contributed by atoms with Gasteiger partial charge in [0.25, 0.3) is 0 Å². The predicted octanol–water partition coefficient (Wildman–Crippen LogP) is 2.19. The van der Waals surface area contributed by atoms with Crippen LogP contribution in [0.4, 0.5) is 0 Å². The minimum absolute atomic E-state index is 0. The van der Waals surface area contributed by atoms with Crippen molar-refractivity contribution in [2.75, 3.05) is 20.6 Å². The molecule has 0 aliphatic carbocycles. The number of nitrogens with zero attached hydrogens (tertiary/aromatic N) is 5. The lowest BCUT2D eigenvalue weighted by Crippen LogP contribution is -2.37. The largest absolute Gasteiger partial charge is 0.410 e. The molecule has 2 aromatic rings. The van der Waals surface area contributed by atoms with Crippen molar-refractivity contribution in [1.82, 2.24) is 25.8 Å². The maximum absolute atomic E-state index is 8.95. The molecule has 1 aromatic heterocycles. The van der Waals surface area contributed by atoms with E-state index in [1.54, 1.807) is 12.1 Å². The summed E-state index contributed by atoms with van der Waals surface area (Å²) < 4.78 is 2.10. The summed E-state index contributed by atoms with van der Waals surface area (Å²) in [6.07, 6.45) is 2.53. The number of aromatic nitrogens is 3. The molecule has 2 rings (SSSR count). The smallest absolute Gasteiger partial charge is 0.309 e. The molecule has 0 aliphatic heterocycles. The molecule has 146 valence electrons. The van der Waals surface area contributed by atoms with Crippen LogP contribution in [0.2, 0.25) is 0 Å². The van der Waals surface area contributed by atoms with Crippen molar-refractivity contribution in [3.05, 3.63) is 24.3 Å². The molecular weight excluding hydrogens is 354 g/mol. The van der Waals surface area contributed by atoms with E-state index < -0.39 is 0 Å². The second kappa shape index (κ2) is 13.2. The Morgan fingerprint density at radius 1 is 1.19 bits per heavy atom. The van der Waals surface area contributed by atoms with Crippen LogP contribution in [0, 0.1) is 0 Å². The molecule has 0 saturated heterocycles. The molecule has 2 atom stereocenters. The molecule has 0 fully saturated rings. The maximum atomic E-state index is 8.95. The molecule has 8 nitrogen and oxygen atoms in total. The van der Waals surface area contributed by atoms with E-state index in [1.807, 2.05) is 26.2 Å². The van der Waals surface area contributed by atoms with Gasteiger partial charge in [0.1, 0.15) is 11.0 Å². The van der Waals surface area contributed by atoms with Crippen molar-refractivity contribution in [1.29, 1.82) is 0 Å². The number of benzene rings is 1. The number of halogens is 1. The number of para-hydroxylation sites is 1. The molecule has 0 radical (unpaired) electrons. The Balaban J connectivity index is 0.000000490. The van der Waals surface area contributed by atoms with Gasteiger partial charge in [0.05, 0.1) is 6.54 Å². The summed E-state index contributed by atoms with van der Waals surface area (Å²) in [4.78, 5) is 5.13. The molecule has 0 bridgehead atoms. The zero-order chi connectivity index (χ0) is 18.7. The number of hydrogen-bond acceptors (Lipinski definition) is 6. The molecule has 0 saturated carbocycles. The lowest BCUT2D eigenvalue weighted by molar-refractivity contribution is -0.563. The monoisotopic (exact) mass is 384 g/mol. The highest BCUT2D eigenvalue weighted by atomic mass is 35.5. The van der Waals surface area contributed by atoms with Gasteiger partial charge in [0.2, 0.25) is 6.17 Å². The topological polar surface area (TPSA) is 90.4 Å². The highest BCUT2D eigenvalue weighted by Gasteiger charge is 2.11. The first kappa shape index (κ1) is 24.0. The van der Waals surface area contributed by atoms with Crippen LogP contribution in [-0.2, 0) is 0 Å². The van der Waals surface area contributed by atoms with Gasteiger partial charge >= 0.3 is 6.01 Å². The van der Waals surface area contributed by atoms with Gasteiger partial charge in [-0.25, -0.2) is 4.58 Å². The van der Waals surface area contributed by atoms with E-state index in [-0.39, 0.29) is 18.6 Å². The molecule has 9 heteroatoms. The van der Waals surface area contributed by atoms with Gasteiger partial charge in [-0.05, 0) is 49.8 Å². The zero-order valence-electron chi connectivity index (χ0n) is 16.2. The molecule has 0 spiro atoms. The Morgan fingerprint density at radius 3 is 2.38 bits per heavy atom. The van der Waals surface area contributed by atoms with Crippen molar-refractivity contribution >= 4 is 29.4 Å². The van der Waals surface area contributed by atoms with Crippen LogP contribution in [-0.4, -0.2) is 63.9 Å². The minimum atomic E-state index is 0. The molecular formula is C17H31ClN7O+. The van der Waals surface area contributed by atoms with Crippen LogP contribution in [0.5, 0.6) is 0 Å². The number of hydrogen-bond donors (Lipinski definition) is 3. The van der Waals surface area contributed by atoms with Gasteiger partial charge in [-0.3, -0.25) is 10.6 Å². The van der Waals surface area contributed by atoms with E-state index in [9.17, 15) is 0 Å². The number of nitrogens with one attached hydrogen (secondary N) is 2. The van der Waals surface area contributed by atoms with Crippen LogP contribution in [0.3, 0.4) is 0 Å². The third-order valence-corrected chi connectivity index (χ3v) is 3.83. The summed E-state index contributed by atoms with van der Waals surface area (Å²) in [5.41, 5.74) is 1.33. The van der Waals surface area contributed by atoms with Gasteiger partial charge in [-0.1, -0.05) is 30.8 Å². The fraction of sp³-hybridized carbons (Fsp3) is 0.588. The minimum Gasteiger partial charge on any atom is -0.410 e. The average molecular weight is 385 g/mol. The zero-order valence-corrected chi connectivity index (χ0v) is 17.0. The highest BCUT2D eigenvalue weighted by molar-refractivity contribution is 5.85. The van der Waals surface area contributed by atoms with E-state index in [1.165, 1.54) is 0 Å². The van der Waals surface area contributed by atoms with Crippen molar-refractivity contribution in [3.8, 4) is 0 Å². The molecule has 0 amide bonds. The summed E-state index contributed by atoms with van der Waals surface area (Å²) >= 11 is 0. The van der Waals surface area contributed by atoms with Gasteiger partial charge in [-0.2, -0.15) is 0 Å². The first-order valence-corrected chi connectivity index (χ1v) is 8.67. The van der Waals surface area contributed by atoms with Gasteiger partial charge in [-0.15, -0.1) is 17.5 Å². The van der Waals surface area contributed by atoms with Crippen molar-refractivity contribution in [2.24, 2.45) is 4.99 Å². The fourth-order valence-corrected chi connectivity index (χ4v) is 2.30. The summed E-state index contributed by atoms with van der Waals surface area (Å²) in [6.45, 7) is 7.30. The SMILES string of the molecule is CCC(N=C=[N+](CC)C(CC)NC)NC.Cl.On1nnc2ccccc21. The summed E-state index contributed by atoms with van der Waals surface area (Å²) in [5.74, 6) is 0. The highest BCUT2D eigenvalue weighted by Crippen LogP contribution is 2.06. The standard InChI is InChI=1S/C11H25N4.C6H5N3O.ClH/c1-6-10(12-4)14-9-15(8-3)11(7-2)13-5;10-9-6-4-2-1-3-5(6)7-8-9;/h10-13H,6-8H2,1-5H3;1-4,10H;1H/q+1;;. The van der Waals surface area contributed by atoms with E-state index in [0.717, 1.165) is 24.2 Å². The second-order valence-electron chi connectivity index (χ2n) is 5.41. The van der Waals surface area contributed by atoms with E-state index in [2.05, 4.69) is 57.3 Å². The van der Waals surface area contributed by atoms with Crippen molar-refractivity contribution in [2.45, 2.75) is 45.9 Å². The first-order valence-electron chi connectivity index (χ1n) is 8.67. The summed E-state index contributed by atoms with van der Waals surface area (Å²) in [6, 6.07) is 10.3. The Hall–Kier alpha value is -1.99. The lowest BCUT2D eigenvalue weighted by Gasteiger charge is -2.12. The van der Waals surface area contributed by atoms with Gasteiger partial charge in [0, 0.05) is 6.42 Å². The van der Waals surface area contributed by atoms with Crippen molar-refractivity contribution in [3.63, 3.8) is 0 Å². The van der Waals surface area contributed by atoms with Gasteiger partial charge in [0.15, 0.2) is 6.17 Å². The molecule has 26 heavy (non-hydrogen) atoms. The Morgan fingerprint density at radius 2 is 1.88 bits per heavy atom. The first-order chi connectivity index (χ1) is 12.1. The Labute approximate surface area is 161 Å². The Kier molecular flexibility index (Phi) is 12.2. The third-order valence-electron chi connectivity index (χ3n) is 3.83. The molecule has 3 N–H and O–H groups in total. The number of aliphatic imine (C=N–C) groups is 1. The second-order valence-corrected chi connectivity index (χ2v) is 5.41. The molecule has 1 aromatic carbocycles. The quantitative estimate of drug-likeness (QED) is 0.294. The van der Waals surface area contributed by atoms with Crippen LogP contribution < -0.4 is 10.6 Å². The summed E-state index contributed by atoms with van der Waals surface area (Å²) in [7, 11) is 3.89. The van der Waals surface area contributed by atoms with Gasteiger partial charge < -0.3 is 5.21 Å². The van der Waals surface area contributed by atoms with Crippen molar-refractivity contribution < 1.29 is 9.78 Å².